The Morgan fingerprint density at radius 1 is 0.923 bits per heavy atom. The summed E-state index contributed by atoms with van der Waals surface area (Å²) in [6, 6.07) is 15.5. The lowest BCUT2D eigenvalue weighted by atomic mass is 10.0. The van der Waals surface area contributed by atoms with E-state index in [1.807, 2.05) is 69.3 Å². The van der Waals surface area contributed by atoms with E-state index >= 15 is 0 Å². The maximum Gasteiger partial charge on any atom is 0.350 e. The van der Waals surface area contributed by atoms with Crippen molar-refractivity contribution in [3.8, 4) is 5.75 Å². The Balaban J connectivity index is 2.17. The summed E-state index contributed by atoms with van der Waals surface area (Å²) in [4.78, 5) is 12.1. The summed E-state index contributed by atoms with van der Waals surface area (Å²) in [6.07, 6.45) is -0.184. The molecule has 0 radical (unpaired) electrons. The average Bonchev–Trinajstić information content (AvgIpc) is 2.54. The third-order valence-electron chi connectivity index (χ3n) is 3.92. The minimum Gasteiger partial charge on any atom is -0.476 e. The fourth-order valence-electron chi connectivity index (χ4n) is 2.40. The van der Waals surface area contributed by atoms with Gasteiger partial charge in [-0.25, -0.2) is 4.79 Å². The predicted molar refractivity (Wildman–Crippen MR) is 112 cm³/mol. The molecule has 0 saturated heterocycles. The molecule has 140 valence electrons. The summed E-state index contributed by atoms with van der Waals surface area (Å²) in [5.74, 6) is 0.190. The van der Waals surface area contributed by atoms with Gasteiger partial charge in [0.25, 0.3) is 0 Å². The Morgan fingerprint density at radius 2 is 1.38 bits per heavy atom. The molecule has 0 heterocycles. The van der Waals surface area contributed by atoms with Crippen molar-refractivity contribution in [2.45, 2.75) is 50.4 Å². The molecule has 2 rings (SSSR count). The van der Waals surface area contributed by atoms with Crippen molar-refractivity contribution in [1.29, 1.82) is 0 Å². The van der Waals surface area contributed by atoms with E-state index in [4.69, 9.17) is 34.7 Å². The minimum absolute atomic E-state index is 0.184. The van der Waals surface area contributed by atoms with Crippen LogP contribution in [0.1, 0.15) is 44.4 Å². The van der Waals surface area contributed by atoms with Crippen molar-refractivity contribution in [3.05, 3.63) is 65.2 Å². The summed E-state index contributed by atoms with van der Waals surface area (Å²) < 4.78 is 10.3. The van der Waals surface area contributed by atoms with Crippen LogP contribution in [-0.4, -0.2) is 17.7 Å². The number of rotatable bonds is 6. The molecular formula is C21H26O3S2. The molecule has 0 spiro atoms. The zero-order valence-electron chi connectivity index (χ0n) is 15.8. The van der Waals surface area contributed by atoms with E-state index in [0.29, 0.717) is 5.75 Å². The smallest absolute Gasteiger partial charge is 0.350 e. The van der Waals surface area contributed by atoms with Gasteiger partial charge in [0, 0.05) is 0 Å². The monoisotopic (exact) mass is 390 g/mol. The van der Waals surface area contributed by atoms with Crippen LogP contribution in [0.2, 0.25) is 0 Å². The third kappa shape index (κ3) is 4.98. The van der Waals surface area contributed by atoms with Gasteiger partial charge < -0.3 is 9.47 Å². The highest BCUT2D eigenvalue weighted by atomic mass is 32.2. The number of esters is 1. The largest absolute Gasteiger partial charge is 0.476 e. The lowest BCUT2D eigenvalue weighted by Gasteiger charge is -2.27. The summed E-state index contributed by atoms with van der Waals surface area (Å²) in [5, 5.41) is 0. The minimum atomic E-state index is -1.07. The van der Waals surface area contributed by atoms with Crippen LogP contribution in [0.25, 0.3) is 0 Å². The SMILES string of the molecule is Cc1ccc(C(S)(S)c2ccc(OC(C)(C)C(=O)OC(C)C)cc2)cc1. The molecule has 0 aliphatic heterocycles. The van der Waals surface area contributed by atoms with Gasteiger partial charge in [-0.05, 0) is 57.9 Å². The quantitative estimate of drug-likeness (QED) is 0.406. The first-order valence-corrected chi connectivity index (χ1v) is 9.44. The number of aryl methyl sites for hydroxylation is 1. The molecule has 0 aliphatic carbocycles. The van der Waals surface area contributed by atoms with Crippen LogP contribution in [0, 0.1) is 6.92 Å². The number of hydrogen-bond donors (Lipinski definition) is 2. The van der Waals surface area contributed by atoms with Crippen molar-refractivity contribution in [3.63, 3.8) is 0 Å². The highest BCUT2D eigenvalue weighted by Gasteiger charge is 2.33. The van der Waals surface area contributed by atoms with Crippen LogP contribution < -0.4 is 4.74 Å². The fourth-order valence-corrected chi connectivity index (χ4v) is 3.00. The molecule has 0 aliphatic rings. The molecule has 0 bridgehead atoms. The molecule has 0 amide bonds. The molecular weight excluding hydrogens is 364 g/mol. The van der Waals surface area contributed by atoms with E-state index in [0.717, 1.165) is 11.1 Å². The molecule has 2 aromatic rings. The summed E-state index contributed by atoms with van der Waals surface area (Å²) in [5.41, 5.74) is 2.03. The van der Waals surface area contributed by atoms with Crippen molar-refractivity contribution < 1.29 is 14.3 Å². The van der Waals surface area contributed by atoms with Gasteiger partial charge in [0.05, 0.1) is 6.10 Å². The van der Waals surface area contributed by atoms with Crippen LogP contribution in [0.4, 0.5) is 0 Å². The molecule has 3 nitrogen and oxygen atoms in total. The number of benzene rings is 2. The van der Waals surface area contributed by atoms with E-state index in [-0.39, 0.29) is 6.10 Å². The Kier molecular flexibility index (Phi) is 6.35. The van der Waals surface area contributed by atoms with E-state index in [2.05, 4.69) is 0 Å². The van der Waals surface area contributed by atoms with Crippen molar-refractivity contribution in [2.75, 3.05) is 0 Å². The van der Waals surface area contributed by atoms with Gasteiger partial charge in [-0.3, -0.25) is 0 Å². The van der Waals surface area contributed by atoms with Crippen molar-refractivity contribution in [2.24, 2.45) is 0 Å². The second kappa shape index (κ2) is 7.97. The van der Waals surface area contributed by atoms with Gasteiger partial charge in [0.1, 0.15) is 9.83 Å². The number of ether oxygens (including phenoxy) is 2. The normalized spacial score (nSPS) is 12.2. The van der Waals surface area contributed by atoms with Crippen molar-refractivity contribution >= 4 is 31.2 Å². The molecule has 0 unspecified atom stereocenters. The number of carbonyl (C=O) groups is 1. The van der Waals surface area contributed by atoms with Crippen LogP contribution in [0.15, 0.2) is 48.5 Å². The second-order valence-corrected chi connectivity index (χ2v) is 8.82. The van der Waals surface area contributed by atoms with E-state index in [1.54, 1.807) is 13.8 Å². The molecule has 0 fully saturated rings. The Hall–Kier alpha value is -1.59. The van der Waals surface area contributed by atoms with Gasteiger partial charge in [0.2, 0.25) is 0 Å². The summed E-state index contributed by atoms with van der Waals surface area (Å²) in [6.45, 7) is 9.05. The third-order valence-corrected chi connectivity index (χ3v) is 4.95. The van der Waals surface area contributed by atoms with E-state index < -0.39 is 15.6 Å². The first-order valence-electron chi connectivity index (χ1n) is 8.55. The first kappa shape index (κ1) is 20.7. The number of hydrogen-bond acceptors (Lipinski definition) is 5. The van der Waals surface area contributed by atoms with Gasteiger partial charge >= 0.3 is 5.97 Å². The first-order chi connectivity index (χ1) is 12.0. The van der Waals surface area contributed by atoms with Crippen LogP contribution in [0.3, 0.4) is 0 Å². The molecule has 26 heavy (non-hydrogen) atoms. The highest BCUT2D eigenvalue weighted by molar-refractivity contribution is 8.00. The molecule has 0 aromatic heterocycles. The summed E-state index contributed by atoms with van der Waals surface area (Å²) >= 11 is 9.48. The Bertz CT molecular complexity index is 748. The molecule has 0 atom stereocenters. The maximum absolute atomic E-state index is 12.1. The lowest BCUT2D eigenvalue weighted by molar-refractivity contribution is -0.163. The van der Waals surface area contributed by atoms with Gasteiger partial charge in [-0.15, -0.1) is 0 Å². The van der Waals surface area contributed by atoms with E-state index in [9.17, 15) is 4.79 Å². The predicted octanol–water partition coefficient (Wildman–Crippen LogP) is 5.16. The van der Waals surface area contributed by atoms with E-state index in [1.165, 1.54) is 5.56 Å². The zero-order valence-corrected chi connectivity index (χ0v) is 17.6. The van der Waals surface area contributed by atoms with Crippen molar-refractivity contribution in [1.82, 2.24) is 0 Å². The summed E-state index contributed by atoms with van der Waals surface area (Å²) in [7, 11) is 0. The van der Waals surface area contributed by atoms with Crippen LogP contribution >= 0.6 is 25.3 Å². The second-order valence-electron chi connectivity index (χ2n) is 7.13. The molecule has 0 saturated carbocycles. The van der Waals surface area contributed by atoms with Gasteiger partial charge in [-0.1, -0.05) is 42.0 Å². The van der Waals surface area contributed by atoms with Crippen LogP contribution in [-0.2, 0) is 13.6 Å². The number of carbonyl (C=O) groups excluding carboxylic acids is 1. The topological polar surface area (TPSA) is 35.5 Å². The Labute approximate surface area is 166 Å². The molecule has 5 heteroatoms. The Morgan fingerprint density at radius 3 is 1.85 bits per heavy atom. The number of thiol groups is 2. The maximum atomic E-state index is 12.1. The molecule has 0 N–H and O–H groups in total. The van der Waals surface area contributed by atoms with Gasteiger partial charge in [-0.2, -0.15) is 25.3 Å². The van der Waals surface area contributed by atoms with Gasteiger partial charge in [0.15, 0.2) is 5.60 Å². The van der Waals surface area contributed by atoms with Crippen LogP contribution in [0.5, 0.6) is 5.75 Å². The highest BCUT2D eigenvalue weighted by Crippen LogP contribution is 2.40. The average molecular weight is 391 g/mol. The lowest BCUT2D eigenvalue weighted by Crippen LogP contribution is -2.40. The zero-order chi connectivity index (χ0) is 19.5. The fraction of sp³-hybridized carbons (Fsp3) is 0.381. The standard InChI is InChI=1S/C21H26O3S2/c1-14(2)23-19(22)20(4,5)24-18-12-10-17(11-13-18)21(25,26)16-8-6-15(3)7-9-16/h6-14,25-26H,1-5H3. The molecule has 2 aromatic carbocycles.